The maximum Gasteiger partial charge on any atom is 0.341 e. The van der Waals surface area contributed by atoms with Crippen molar-refractivity contribution in [3.05, 3.63) is 69.1 Å². The number of nitrogens with zero attached hydrogens (tertiary/aromatic N) is 1. The highest BCUT2D eigenvalue weighted by molar-refractivity contribution is 7.92. The maximum absolute atomic E-state index is 13.7. The molecule has 1 N–H and O–H groups in total. The normalized spacial score (nSPS) is 12.9. The minimum atomic E-state index is -4.15. The number of aryl methyl sites for hydroxylation is 2. The molecule has 3 aromatic rings. The number of carbonyl (C=O) groups excluding carboxylic acids is 2. The first-order valence-electron chi connectivity index (χ1n) is 12.2. The molecule has 0 bridgehead atoms. The van der Waals surface area contributed by atoms with E-state index in [1.807, 2.05) is 6.92 Å². The number of fused-ring (bicyclic) bond motifs is 1. The molecule has 0 saturated carbocycles. The van der Waals surface area contributed by atoms with Crippen LogP contribution in [0.2, 0.25) is 5.02 Å². The van der Waals surface area contributed by atoms with Gasteiger partial charge in [-0.1, -0.05) is 29.3 Å². The van der Waals surface area contributed by atoms with Gasteiger partial charge in [-0.15, -0.1) is 11.3 Å². The van der Waals surface area contributed by atoms with Crippen molar-refractivity contribution >= 4 is 55.5 Å². The number of esters is 1. The molecule has 202 valence electrons. The second-order valence-corrected chi connectivity index (χ2v) is 12.2. The second kappa shape index (κ2) is 11.8. The van der Waals surface area contributed by atoms with E-state index in [1.165, 1.54) is 42.7 Å². The molecule has 8 nitrogen and oxygen atoms in total. The van der Waals surface area contributed by atoms with Gasteiger partial charge in [0.2, 0.25) is 5.91 Å². The van der Waals surface area contributed by atoms with Crippen LogP contribution in [0.1, 0.15) is 46.1 Å². The fourth-order valence-electron chi connectivity index (χ4n) is 4.33. The van der Waals surface area contributed by atoms with Crippen molar-refractivity contribution in [3.8, 4) is 5.75 Å². The summed E-state index contributed by atoms with van der Waals surface area (Å²) >= 11 is 7.65. The van der Waals surface area contributed by atoms with E-state index in [1.54, 1.807) is 25.1 Å². The number of carbonyl (C=O) groups is 2. The number of halogens is 1. The summed E-state index contributed by atoms with van der Waals surface area (Å²) in [4.78, 5) is 27.2. The van der Waals surface area contributed by atoms with E-state index < -0.39 is 28.4 Å². The predicted molar refractivity (Wildman–Crippen MR) is 149 cm³/mol. The van der Waals surface area contributed by atoms with Crippen molar-refractivity contribution < 1.29 is 27.5 Å². The number of nitrogens with one attached hydrogen (secondary N) is 1. The Kier molecular flexibility index (Phi) is 8.64. The smallest absolute Gasteiger partial charge is 0.341 e. The van der Waals surface area contributed by atoms with E-state index in [0.29, 0.717) is 16.3 Å². The molecular weight excluding hydrogens is 548 g/mol. The van der Waals surface area contributed by atoms with E-state index in [-0.39, 0.29) is 22.2 Å². The molecule has 0 aliphatic heterocycles. The number of sulfonamides is 1. The van der Waals surface area contributed by atoms with E-state index >= 15 is 0 Å². The van der Waals surface area contributed by atoms with Crippen LogP contribution in [0.4, 0.5) is 10.7 Å². The average molecular weight is 577 g/mol. The van der Waals surface area contributed by atoms with Gasteiger partial charge in [0.25, 0.3) is 10.0 Å². The lowest BCUT2D eigenvalue weighted by Crippen LogP contribution is -2.38. The summed E-state index contributed by atoms with van der Waals surface area (Å²) in [5, 5.41) is 3.37. The monoisotopic (exact) mass is 576 g/mol. The van der Waals surface area contributed by atoms with Crippen LogP contribution < -0.4 is 14.4 Å². The third-order valence-corrected chi connectivity index (χ3v) is 9.51. The molecule has 2 aromatic carbocycles. The number of hydrogen-bond acceptors (Lipinski definition) is 7. The number of methoxy groups -OCH3 is 1. The van der Waals surface area contributed by atoms with Crippen molar-refractivity contribution in [3.63, 3.8) is 0 Å². The largest absolute Gasteiger partial charge is 0.495 e. The predicted octanol–water partition coefficient (Wildman–Crippen LogP) is 5.61. The summed E-state index contributed by atoms with van der Waals surface area (Å²) < 4.78 is 38.9. The van der Waals surface area contributed by atoms with Crippen molar-refractivity contribution in [2.75, 3.05) is 29.9 Å². The Bertz CT molecular complexity index is 1450. The molecule has 1 aromatic heterocycles. The fraction of sp³-hybridized carbons (Fsp3) is 0.333. The SMILES string of the molecule is CCOC(=O)c1c(NC(=O)CN(c2ccc(OC)c(Cl)c2)S(=O)(=O)c2ccc(C)cc2)sc2c1CCCC2. The van der Waals surface area contributed by atoms with E-state index in [4.69, 9.17) is 21.1 Å². The topological polar surface area (TPSA) is 102 Å². The first-order chi connectivity index (χ1) is 18.1. The third-order valence-electron chi connectivity index (χ3n) is 6.22. The molecule has 1 heterocycles. The number of rotatable bonds is 9. The van der Waals surface area contributed by atoms with Gasteiger partial charge in [-0.25, -0.2) is 13.2 Å². The standard InChI is InChI=1S/C27H29ClN2O6S2/c1-4-36-27(32)25-20-7-5-6-8-23(20)37-26(25)29-24(31)16-30(18-11-14-22(35-3)21(28)15-18)38(33,34)19-12-9-17(2)10-13-19/h9-15H,4-8,16H2,1-3H3,(H,29,31). The van der Waals surface area contributed by atoms with Crippen molar-refractivity contribution in [1.29, 1.82) is 0 Å². The summed E-state index contributed by atoms with van der Waals surface area (Å²) in [7, 11) is -2.69. The molecule has 0 saturated heterocycles. The molecule has 0 spiro atoms. The van der Waals surface area contributed by atoms with Gasteiger partial charge in [-0.3, -0.25) is 9.10 Å². The van der Waals surface area contributed by atoms with Crippen LogP contribution in [0, 0.1) is 6.92 Å². The Balaban J connectivity index is 1.70. The van der Waals surface area contributed by atoms with E-state index in [2.05, 4.69) is 5.32 Å². The molecular formula is C27H29ClN2O6S2. The Hall–Kier alpha value is -3.08. The van der Waals surface area contributed by atoms with Gasteiger partial charge in [0.05, 0.1) is 34.9 Å². The van der Waals surface area contributed by atoms with Gasteiger partial charge >= 0.3 is 5.97 Å². The fourth-order valence-corrected chi connectivity index (χ4v) is 7.29. The van der Waals surface area contributed by atoms with Crippen LogP contribution in [0.15, 0.2) is 47.4 Å². The Morgan fingerprint density at radius 2 is 1.82 bits per heavy atom. The summed E-state index contributed by atoms with van der Waals surface area (Å²) in [6, 6.07) is 10.9. The van der Waals surface area contributed by atoms with Crippen LogP contribution in [0.5, 0.6) is 5.75 Å². The lowest BCUT2D eigenvalue weighted by atomic mass is 9.95. The van der Waals surface area contributed by atoms with E-state index in [0.717, 1.165) is 46.0 Å². The third kappa shape index (κ3) is 5.82. The van der Waals surface area contributed by atoms with E-state index in [9.17, 15) is 18.0 Å². The Morgan fingerprint density at radius 3 is 2.47 bits per heavy atom. The second-order valence-electron chi connectivity index (χ2n) is 8.83. The summed E-state index contributed by atoms with van der Waals surface area (Å²) in [5.41, 5.74) is 2.36. The highest BCUT2D eigenvalue weighted by Crippen LogP contribution is 2.39. The van der Waals surface area contributed by atoms with Crippen molar-refractivity contribution in [2.24, 2.45) is 0 Å². The zero-order valence-electron chi connectivity index (χ0n) is 21.4. The Morgan fingerprint density at radius 1 is 1.11 bits per heavy atom. The van der Waals surface area contributed by atoms with Crippen LogP contribution in [-0.4, -0.2) is 40.6 Å². The summed E-state index contributed by atoms with van der Waals surface area (Å²) in [6.45, 7) is 3.25. The van der Waals surface area contributed by atoms with Crippen LogP contribution in [-0.2, 0) is 32.4 Å². The number of amides is 1. The summed E-state index contributed by atoms with van der Waals surface area (Å²) in [6.07, 6.45) is 3.50. The number of thiophene rings is 1. The Labute approximate surface area is 231 Å². The van der Waals surface area contributed by atoms with Gasteiger partial charge in [0.1, 0.15) is 17.3 Å². The molecule has 0 unspecified atom stereocenters. The van der Waals surface area contributed by atoms with Crippen LogP contribution in [0.3, 0.4) is 0 Å². The number of ether oxygens (including phenoxy) is 2. The van der Waals surface area contributed by atoms with Gasteiger partial charge in [-0.2, -0.15) is 0 Å². The molecule has 4 rings (SSSR count). The minimum absolute atomic E-state index is 0.0293. The quantitative estimate of drug-likeness (QED) is 0.332. The zero-order chi connectivity index (χ0) is 27.4. The van der Waals surface area contributed by atoms with Gasteiger partial charge in [0, 0.05) is 4.88 Å². The highest BCUT2D eigenvalue weighted by atomic mass is 35.5. The van der Waals surface area contributed by atoms with Gasteiger partial charge < -0.3 is 14.8 Å². The molecule has 0 radical (unpaired) electrons. The maximum atomic E-state index is 13.7. The van der Waals surface area contributed by atoms with Crippen molar-refractivity contribution in [2.45, 2.75) is 44.4 Å². The number of benzene rings is 2. The first-order valence-corrected chi connectivity index (χ1v) is 14.8. The number of hydrogen-bond donors (Lipinski definition) is 1. The lowest BCUT2D eigenvalue weighted by Gasteiger charge is -2.24. The molecule has 38 heavy (non-hydrogen) atoms. The first kappa shape index (κ1) is 27.9. The van der Waals surface area contributed by atoms with Crippen LogP contribution in [0.25, 0.3) is 0 Å². The molecule has 1 aliphatic rings. The van der Waals surface area contributed by atoms with Gasteiger partial charge in [0.15, 0.2) is 0 Å². The van der Waals surface area contributed by atoms with Crippen LogP contribution >= 0.6 is 22.9 Å². The highest BCUT2D eigenvalue weighted by Gasteiger charge is 2.31. The molecule has 0 fully saturated rings. The molecule has 0 atom stereocenters. The molecule has 1 amide bonds. The average Bonchev–Trinajstić information content (AvgIpc) is 3.25. The lowest BCUT2D eigenvalue weighted by molar-refractivity contribution is -0.114. The zero-order valence-corrected chi connectivity index (χ0v) is 23.8. The van der Waals surface area contributed by atoms with Gasteiger partial charge in [-0.05, 0) is 75.4 Å². The number of anilines is 2. The summed E-state index contributed by atoms with van der Waals surface area (Å²) in [5.74, 6) is -0.721. The molecule has 1 aliphatic carbocycles. The molecule has 11 heteroatoms. The van der Waals surface area contributed by atoms with Crippen molar-refractivity contribution in [1.82, 2.24) is 0 Å². The minimum Gasteiger partial charge on any atom is -0.495 e.